The molecular weight excluding hydrogens is 296 g/mol. The number of rotatable bonds is 7. The second kappa shape index (κ2) is 6.38. The van der Waals surface area contributed by atoms with Crippen LogP contribution in [0.25, 0.3) is 0 Å². The van der Waals surface area contributed by atoms with Crippen molar-refractivity contribution in [3.05, 3.63) is 22.4 Å². The number of hydrogen-bond acceptors (Lipinski definition) is 2. The molecule has 1 fully saturated rings. The first-order chi connectivity index (χ1) is 8.72. The van der Waals surface area contributed by atoms with Crippen molar-refractivity contribution in [3.63, 3.8) is 0 Å². The Balaban J connectivity index is 1.84. The number of aromatic nitrogens is 1. The first-order valence-electron chi connectivity index (χ1n) is 6.49. The highest BCUT2D eigenvalue weighted by atomic mass is 79.9. The average Bonchev–Trinajstić information content (AvgIpc) is 3.12. The third kappa shape index (κ3) is 3.59. The first kappa shape index (κ1) is 13.6. The Labute approximate surface area is 116 Å². The summed E-state index contributed by atoms with van der Waals surface area (Å²) in [6.45, 7) is 0.901. The topological polar surface area (TPSA) is 54.3 Å². The van der Waals surface area contributed by atoms with Gasteiger partial charge in [-0.15, -0.1) is 0 Å². The number of carbonyl (C=O) groups excluding carboxylic acids is 1. The Morgan fingerprint density at radius 2 is 2.22 bits per heavy atom. The van der Waals surface area contributed by atoms with Crippen molar-refractivity contribution in [3.8, 4) is 0 Å². The summed E-state index contributed by atoms with van der Waals surface area (Å²) in [5, 5.41) is 11.6. The van der Waals surface area contributed by atoms with Gasteiger partial charge >= 0.3 is 0 Å². The maximum Gasteiger partial charge on any atom is 0.267 e. The molecule has 1 aromatic heterocycles. The third-order valence-electron chi connectivity index (χ3n) is 3.11. The molecule has 4 nitrogen and oxygen atoms in total. The summed E-state index contributed by atoms with van der Waals surface area (Å²) >= 11 is 3.42. The minimum absolute atomic E-state index is 0.00315. The number of halogens is 1. The molecule has 0 atom stereocenters. The number of nitrogens with zero attached hydrogens (tertiary/aromatic N) is 1. The van der Waals surface area contributed by atoms with Crippen molar-refractivity contribution in [1.82, 2.24) is 9.88 Å². The highest BCUT2D eigenvalue weighted by Gasteiger charge is 2.27. The number of amides is 1. The zero-order chi connectivity index (χ0) is 13.0. The van der Waals surface area contributed by atoms with Crippen LogP contribution in [0.2, 0.25) is 0 Å². The number of aliphatic hydroxyl groups is 1. The van der Waals surface area contributed by atoms with Crippen LogP contribution in [0.3, 0.4) is 0 Å². The van der Waals surface area contributed by atoms with Crippen LogP contribution in [0.5, 0.6) is 0 Å². The van der Waals surface area contributed by atoms with E-state index < -0.39 is 0 Å². The zero-order valence-electron chi connectivity index (χ0n) is 10.4. The van der Waals surface area contributed by atoms with Gasteiger partial charge in [-0.3, -0.25) is 4.79 Å². The van der Waals surface area contributed by atoms with Crippen LogP contribution in [0.1, 0.15) is 48.6 Å². The number of nitrogens with one attached hydrogen (secondary N) is 1. The van der Waals surface area contributed by atoms with Gasteiger partial charge < -0.3 is 15.0 Å². The smallest absolute Gasteiger partial charge is 0.267 e. The van der Waals surface area contributed by atoms with Gasteiger partial charge in [0.15, 0.2) is 0 Å². The van der Waals surface area contributed by atoms with E-state index in [1.165, 1.54) is 0 Å². The van der Waals surface area contributed by atoms with Crippen LogP contribution in [0.4, 0.5) is 0 Å². The molecule has 2 N–H and O–H groups in total. The average molecular weight is 315 g/mol. The maximum absolute atomic E-state index is 12.0. The number of carbonyl (C=O) groups is 1. The molecule has 0 unspecified atom stereocenters. The molecule has 1 saturated carbocycles. The summed E-state index contributed by atoms with van der Waals surface area (Å²) in [6.07, 6.45) is 6.98. The molecule has 0 aliphatic heterocycles. The molecule has 5 heteroatoms. The first-order valence-corrected chi connectivity index (χ1v) is 7.28. The fourth-order valence-electron chi connectivity index (χ4n) is 1.99. The molecule has 18 heavy (non-hydrogen) atoms. The van der Waals surface area contributed by atoms with Gasteiger partial charge in [0, 0.05) is 29.9 Å². The highest BCUT2D eigenvalue weighted by molar-refractivity contribution is 9.10. The van der Waals surface area contributed by atoms with E-state index in [1.54, 1.807) is 0 Å². The summed E-state index contributed by atoms with van der Waals surface area (Å²) in [4.78, 5) is 12.0. The fraction of sp³-hybridized carbons (Fsp3) is 0.615. The second-order valence-corrected chi connectivity index (χ2v) is 5.64. The Morgan fingerprint density at radius 1 is 1.44 bits per heavy atom. The van der Waals surface area contributed by atoms with Crippen molar-refractivity contribution in [2.24, 2.45) is 0 Å². The van der Waals surface area contributed by atoms with Crippen molar-refractivity contribution >= 4 is 21.8 Å². The Morgan fingerprint density at radius 3 is 2.89 bits per heavy atom. The van der Waals surface area contributed by atoms with Gasteiger partial charge in [0.2, 0.25) is 0 Å². The molecule has 0 radical (unpaired) electrons. The third-order valence-corrected chi connectivity index (χ3v) is 3.54. The lowest BCUT2D eigenvalue weighted by Crippen LogP contribution is -2.26. The van der Waals surface area contributed by atoms with E-state index in [0.717, 1.165) is 42.3 Å². The molecule has 0 bridgehead atoms. The second-order valence-electron chi connectivity index (χ2n) is 4.72. The summed E-state index contributed by atoms with van der Waals surface area (Å²) in [5.41, 5.74) is 0.742. The normalized spacial score (nSPS) is 14.8. The molecule has 100 valence electrons. The van der Waals surface area contributed by atoms with Crippen molar-refractivity contribution in [1.29, 1.82) is 0 Å². The van der Waals surface area contributed by atoms with Gasteiger partial charge in [-0.1, -0.05) is 0 Å². The van der Waals surface area contributed by atoms with E-state index in [4.69, 9.17) is 5.11 Å². The lowest BCUT2D eigenvalue weighted by Gasteiger charge is -2.08. The molecule has 1 amide bonds. The predicted octanol–water partition coefficient (Wildman–Crippen LogP) is 2.48. The molecule has 1 aliphatic rings. The van der Waals surface area contributed by atoms with Crippen LogP contribution in [-0.4, -0.2) is 28.7 Å². The van der Waals surface area contributed by atoms with E-state index in [2.05, 4.69) is 25.8 Å². The van der Waals surface area contributed by atoms with Crippen molar-refractivity contribution in [2.45, 2.75) is 38.1 Å². The highest BCUT2D eigenvalue weighted by Crippen LogP contribution is 2.37. The Kier molecular flexibility index (Phi) is 4.83. The molecule has 1 heterocycles. The Bertz CT molecular complexity index is 413. The van der Waals surface area contributed by atoms with Crippen LogP contribution in [-0.2, 0) is 0 Å². The van der Waals surface area contributed by atoms with E-state index in [1.807, 2.05) is 12.3 Å². The number of hydrogen-bond donors (Lipinski definition) is 2. The molecule has 1 aromatic rings. The van der Waals surface area contributed by atoms with Gasteiger partial charge in [0.05, 0.1) is 0 Å². The van der Waals surface area contributed by atoms with E-state index in [-0.39, 0.29) is 12.5 Å². The van der Waals surface area contributed by atoms with Gasteiger partial charge in [0.25, 0.3) is 5.91 Å². The maximum atomic E-state index is 12.0. The monoisotopic (exact) mass is 314 g/mol. The number of unbranched alkanes of at least 4 members (excludes halogenated alkanes) is 2. The van der Waals surface area contributed by atoms with Gasteiger partial charge in [0.1, 0.15) is 5.69 Å². The summed E-state index contributed by atoms with van der Waals surface area (Å²) in [6, 6.07) is 2.38. The summed E-state index contributed by atoms with van der Waals surface area (Å²) < 4.78 is 3.02. The quantitative estimate of drug-likeness (QED) is 0.760. The van der Waals surface area contributed by atoms with Crippen molar-refractivity contribution in [2.75, 3.05) is 13.2 Å². The SMILES string of the molecule is O=C(NCCCCCO)c1cc(Br)cn1C1CC1. The molecule has 0 aromatic carbocycles. The van der Waals surface area contributed by atoms with Gasteiger partial charge in [-0.05, 0) is 54.1 Å². The lowest BCUT2D eigenvalue weighted by molar-refractivity contribution is 0.0943. The predicted molar refractivity (Wildman–Crippen MR) is 73.7 cm³/mol. The molecule has 0 saturated heterocycles. The number of aliphatic hydroxyl groups excluding tert-OH is 1. The molecule has 1 aliphatic carbocycles. The van der Waals surface area contributed by atoms with E-state index in [0.29, 0.717) is 12.6 Å². The minimum atomic E-state index is -0.00315. The van der Waals surface area contributed by atoms with Crippen LogP contribution in [0.15, 0.2) is 16.7 Å². The summed E-state index contributed by atoms with van der Waals surface area (Å²) in [7, 11) is 0. The zero-order valence-corrected chi connectivity index (χ0v) is 11.9. The fourth-order valence-corrected chi connectivity index (χ4v) is 2.43. The van der Waals surface area contributed by atoms with E-state index >= 15 is 0 Å². The standard InChI is InChI=1S/C13H19BrN2O2/c14-10-8-12(16(9-10)11-4-5-11)13(18)15-6-2-1-3-7-17/h8-9,11,17H,1-7H2,(H,15,18). The minimum Gasteiger partial charge on any atom is -0.396 e. The van der Waals surface area contributed by atoms with E-state index in [9.17, 15) is 4.79 Å². The molecule has 2 rings (SSSR count). The van der Waals surface area contributed by atoms with Gasteiger partial charge in [-0.25, -0.2) is 0 Å². The molecular formula is C13H19BrN2O2. The van der Waals surface area contributed by atoms with Crippen LogP contribution in [0, 0.1) is 0 Å². The van der Waals surface area contributed by atoms with Gasteiger partial charge in [-0.2, -0.15) is 0 Å². The van der Waals surface area contributed by atoms with Crippen molar-refractivity contribution < 1.29 is 9.90 Å². The van der Waals surface area contributed by atoms with Crippen LogP contribution < -0.4 is 5.32 Å². The largest absolute Gasteiger partial charge is 0.396 e. The lowest BCUT2D eigenvalue weighted by atomic mass is 10.2. The van der Waals surface area contributed by atoms with Crippen LogP contribution >= 0.6 is 15.9 Å². The summed E-state index contributed by atoms with van der Waals surface area (Å²) in [5.74, 6) is -0.00315. The molecule has 0 spiro atoms. The Hall–Kier alpha value is -0.810.